The zero-order valence-electron chi connectivity index (χ0n) is 12.3. The standard InChI is InChI=1S/C16H22O4/c1-4-19-15(17)11-14(16(18)20-5-2)12(3)13-9-7-6-8-10-13/h6-10,12,14H,4-5,11H2,1-3H3/t12-,14+/m1/s1. The van der Waals surface area contributed by atoms with Crippen LogP contribution in [0.1, 0.15) is 38.7 Å². The summed E-state index contributed by atoms with van der Waals surface area (Å²) in [5.41, 5.74) is 1.01. The van der Waals surface area contributed by atoms with Gasteiger partial charge in [0.1, 0.15) is 0 Å². The molecule has 0 unspecified atom stereocenters. The Kier molecular flexibility index (Phi) is 6.77. The van der Waals surface area contributed by atoms with Gasteiger partial charge in [-0.2, -0.15) is 0 Å². The van der Waals surface area contributed by atoms with Crippen LogP contribution in [-0.4, -0.2) is 25.2 Å². The third kappa shape index (κ3) is 4.68. The quantitative estimate of drug-likeness (QED) is 0.720. The van der Waals surface area contributed by atoms with Crippen molar-refractivity contribution in [2.24, 2.45) is 5.92 Å². The molecule has 0 aromatic heterocycles. The molecule has 4 nitrogen and oxygen atoms in total. The Bertz CT molecular complexity index is 427. The molecule has 1 aromatic rings. The van der Waals surface area contributed by atoms with Crippen LogP contribution < -0.4 is 0 Å². The van der Waals surface area contributed by atoms with E-state index in [9.17, 15) is 9.59 Å². The molecule has 0 saturated heterocycles. The first-order valence-corrected chi connectivity index (χ1v) is 6.97. The summed E-state index contributed by atoms with van der Waals surface area (Å²) in [5.74, 6) is -1.33. The highest BCUT2D eigenvalue weighted by atomic mass is 16.5. The van der Waals surface area contributed by atoms with Gasteiger partial charge in [-0.05, 0) is 25.3 Å². The van der Waals surface area contributed by atoms with Gasteiger partial charge in [0.15, 0.2) is 0 Å². The number of carbonyl (C=O) groups is 2. The van der Waals surface area contributed by atoms with Gasteiger partial charge in [-0.3, -0.25) is 9.59 Å². The largest absolute Gasteiger partial charge is 0.466 e. The van der Waals surface area contributed by atoms with E-state index in [2.05, 4.69) is 0 Å². The summed E-state index contributed by atoms with van der Waals surface area (Å²) in [4.78, 5) is 23.7. The van der Waals surface area contributed by atoms with Crippen LogP contribution in [0.25, 0.3) is 0 Å². The first kappa shape index (κ1) is 16.2. The number of esters is 2. The van der Waals surface area contributed by atoms with E-state index in [-0.39, 0.29) is 24.3 Å². The highest BCUT2D eigenvalue weighted by Gasteiger charge is 2.30. The minimum atomic E-state index is -0.517. The molecule has 0 aliphatic carbocycles. The van der Waals surface area contributed by atoms with Crippen LogP contribution in [0.2, 0.25) is 0 Å². The normalized spacial score (nSPS) is 13.3. The first-order valence-electron chi connectivity index (χ1n) is 6.97. The second kappa shape index (κ2) is 8.35. The zero-order valence-corrected chi connectivity index (χ0v) is 12.3. The van der Waals surface area contributed by atoms with E-state index in [0.29, 0.717) is 13.2 Å². The summed E-state index contributed by atoms with van der Waals surface area (Å²) in [6, 6.07) is 9.64. The Labute approximate surface area is 120 Å². The molecule has 0 fully saturated rings. The summed E-state index contributed by atoms with van der Waals surface area (Å²) in [6.45, 7) is 6.05. The number of ether oxygens (including phenoxy) is 2. The molecule has 4 heteroatoms. The number of hydrogen-bond donors (Lipinski definition) is 0. The van der Waals surface area contributed by atoms with Gasteiger partial charge in [0.2, 0.25) is 0 Å². The molecule has 0 aliphatic heterocycles. The lowest BCUT2D eigenvalue weighted by Gasteiger charge is -2.22. The van der Waals surface area contributed by atoms with Crippen LogP contribution >= 0.6 is 0 Å². The Hall–Kier alpha value is -1.84. The van der Waals surface area contributed by atoms with Crippen LogP contribution in [0, 0.1) is 5.92 Å². The van der Waals surface area contributed by atoms with Gasteiger partial charge in [-0.1, -0.05) is 37.3 Å². The lowest BCUT2D eigenvalue weighted by Crippen LogP contribution is -2.26. The van der Waals surface area contributed by atoms with Gasteiger partial charge < -0.3 is 9.47 Å². The molecule has 2 atom stereocenters. The maximum atomic E-state index is 12.1. The Balaban J connectivity index is 2.86. The van der Waals surface area contributed by atoms with Crippen molar-refractivity contribution >= 4 is 11.9 Å². The van der Waals surface area contributed by atoms with Crippen LogP contribution in [0.15, 0.2) is 30.3 Å². The maximum Gasteiger partial charge on any atom is 0.310 e. The van der Waals surface area contributed by atoms with E-state index >= 15 is 0 Å². The summed E-state index contributed by atoms with van der Waals surface area (Å²) in [7, 11) is 0. The Morgan fingerprint density at radius 2 is 1.65 bits per heavy atom. The molecule has 1 aromatic carbocycles. The number of rotatable bonds is 7. The molecule has 0 radical (unpaired) electrons. The van der Waals surface area contributed by atoms with Crippen molar-refractivity contribution in [2.45, 2.75) is 33.1 Å². The molecular formula is C16H22O4. The van der Waals surface area contributed by atoms with Gasteiger partial charge >= 0.3 is 11.9 Å². The third-order valence-electron chi connectivity index (χ3n) is 3.21. The average Bonchev–Trinajstić information content (AvgIpc) is 2.45. The Morgan fingerprint density at radius 1 is 1.05 bits per heavy atom. The second-order valence-corrected chi connectivity index (χ2v) is 4.57. The van der Waals surface area contributed by atoms with Crippen molar-refractivity contribution in [1.29, 1.82) is 0 Å². The molecule has 0 aliphatic rings. The maximum absolute atomic E-state index is 12.1. The second-order valence-electron chi connectivity index (χ2n) is 4.57. The summed E-state index contributed by atoms with van der Waals surface area (Å²) >= 11 is 0. The molecular weight excluding hydrogens is 256 g/mol. The molecule has 0 bridgehead atoms. The fourth-order valence-electron chi connectivity index (χ4n) is 2.10. The van der Waals surface area contributed by atoms with Crippen molar-refractivity contribution in [1.82, 2.24) is 0 Å². The van der Waals surface area contributed by atoms with E-state index in [1.807, 2.05) is 37.3 Å². The third-order valence-corrected chi connectivity index (χ3v) is 3.21. The molecule has 0 spiro atoms. The lowest BCUT2D eigenvalue weighted by molar-refractivity contribution is -0.155. The summed E-state index contributed by atoms with van der Waals surface area (Å²) in [5, 5.41) is 0. The van der Waals surface area contributed by atoms with Gasteiger partial charge in [-0.25, -0.2) is 0 Å². The van der Waals surface area contributed by atoms with Crippen molar-refractivity contribution in [3.05, 3.63) is 35.9 Å². The zero-order chi connectivity index (χ0) is 15.0. The van der Waals surface area contributed by atoms with Crippen molar-refractivity contribution < 1.29 is 19.1 Å². The molecule has 1 rings (SSSR count). The van der Waals surface area contributed by atoms with Crippen molar-refractivity contribution in [3.63, 3.8) is 0 Å². The molecule has 20 heavy (non-hydrogen) atoms. The van der Waals surface area contributed by atoms with Gasteiger partial charge in [0.25, 0.3) is 0 Å². The first-order chi connectivity index (χ1) is 9.60. The smallest absolute Gasteiger partial charge is 0.310 e. The van der Waals surface area contributed by atoms with Gasteiger partial charge in [-0.15, -0.1) is 0 Å². The van der Waals surface area contributed by atoms with E-state index in [1.165, 1.54) is 0 Å². The average molecular weight is 278 g/mol. The van der Waals surface area contributed by atoms with Crippen molar-refractivity contribution in [2.75, 3.05) is 13.2 Å². The highest BCUT2D eigenvalue weighted by molar-refractivity contribution is 5.80. The molecule has 0 heterocycles. The van der Waals surface area contributed by atoms with E-state index in [4.69, 9.17) is 9.47 Å². The Morgan fingerprint density at radius 3 is 2.20 bits per heavy atom. The minimum Gasteiger partial charge on any atom is -0.466 e. The highest BCUT2D eigenvalue weighted by Crippen LogP contribution is 2.28. The summed E-state index contributed by atoms with van der Waals surface area (Å²) < 4.78 is 10.0. The van der Waals surface area contributed by atoms with Crippen molar-refractivity contribution in [3.8, 4) is 0 Å². The SMILES string of the molecule is CCOC(=O)C[C@H](C(=O)OCC)[C@H](C)c1ccccc1. The monoisotopic (exact) mass is 278 g/mol. The van der Waals surface area contributed by atoms with Crippen LogP contribution in [-0.2, 0) is 19.1 Å². The van der Waals surface area contributed by atoms with Crippen LogP contribution in [0.4, 0.5) is 0 Å². The van der Waals surface area contributed by atoms with E-state index in [0.717, 1.165) is 5.56 Å². The van der Waals surface area contributed by atoms with Gasteiger partial charge in [0, 0.05) is 0 Å². The number of carbonyl (C=O) groups excluding carboxylic acids is 2. The predicted molar refractivity (Wildman–Crippen MR) is 76.2 cm³/mol. The fraction of sp³-hybridized carbons (Fsp3) is 0.500. The lowest BCUT2D eigenvalue weighted by atomic mass is 9.85. The minimum absolute atomic E-state index is 0.0444. The molecule has 0 N–H and O–H groups in total. The molecule has 0 amide bonds. The predicted octanol–water partition coefficient (Wildman–Crippen LogP) is 2.92. The fourth-order valence-corrected chi connectivity index (χ4v) is 2.10. The van der Waals surface area contributed by atoms with Crippen LogP contribution in [0.3, 0.4) is 0 Å². The van der Waals surface area contributed by atoms with E-state index < -0.39 is 5.92 Å². The molecule has 0 saturated carbocycles. The van der Waals surface area contributed by atoms with Crippen LogP contribution in [0.5, 0.6) is 0 Å². The van der Waals surface area contributed by atoms with Gasteiger partial charge in [0.05, 0.1) is 25.6 Å². The number of hydrogen-bond acceptors (Lipinski definition) is 4. The topological polar surface area (TPSA) is 52.6 Å². The number of benzene rings is 1. The molecule has 110 valence electrons. The summed E-state index contributed by atoms with van der Waals surface area (Å²) in [6.07, 6.45) is 0.0444. The van der Waals surface area contributed by atoms with E-state index in [1.54, 1.807) is 13.8 Å².